The minimum Gasteiger partial charge on any atom is -0.493 e. The van der Waals surface area contributed by atoms with Crippen molar-refractivity contribution in [3.05, 3.63) is 35.7 Å². The molecule has 2 aromatic rings. The highest BCUT2D eigenvalue weighted by molar-refractivity contribution is 9.09. The van der Waals surface area contributed by atoms with Gasteiger partial charge < -0.3 is 10.1 Å². The highest BCUT2D eigenvalue weighted by Gasteiger charge is 2.06. The van der Waals surface area contributed by atoms with Gasteiger partial charge in [-0.15, -0.1) is 0 Å². The molecule has 6 nitrogen and oxygen atoms in total. The molecule has 106 valence electrons. The summed E-state index contributed by atoms with van der Waals surface area (Å²) >= 11 is 9.02. The van der Waals surface area contributed by atoms with Crippen LogP contribution >= 0.6 is 27.5 Å². The molecule has 1 heterocycles. The van der Waals surface area contributed by atoms with Crippen molar-refractivity contribution in [1.29, 1.82) is 0 Å². The molecule has 0 radical (unpaired) electrons. The lowest BCUT2D eigenvalue weighted by Gasteiger charge is -2.10. The van der Waals surface area contributed by atoms with Crippen molar-refractivity contribution >= 4 is 44.7 Å². The average Bonchev–Trinajstić information content (AvgIpc) is 2.47. The van der Waals surface area contributed by atoms with Gasteiger partial charge in [0, 0.05) is 11.0 Å². The Morgan fingerprint density at radius 1 is 1.30 bits per heavy atom. The van der Waals surface area contributed by atoms with Gasteiger partial charge in [-0.05, 0) is 35.9 Å². The molecular weight excluding hydrogens is 348 g/mol. The molecule has 0 aliphatic heterocycles. The van der Waals surface area contributed by atoms with E-state index in [2.05, 4.69) is 31.2 Å². The Labute approximate surface area is 129 Å². The smallest absolute Gasteiger partial charge is 0.224 e. The highest BCUT2D eigenvalue weighted by atomic mass is 79.9. The van der Waals surface area contributed by atoms with Crippen LogP contribution in [0.2, 0.25) is 5.28 Å². The van der Waals surface area contributed by atoms with E-state index in [-0.39, 0.29) is 5.28 Å². The predicted molar refractivity (Wildman–Crippen MR) is 81.5 cm³/mol. The molecule has 0 unspecified atom stereocenters. The first kappa shape index (κ1) is 14.8. The Morgan fingerprint density at radius 3 is 2.70 bits per heavy atom. The zero-order chi connectivity index (χ0) is 14.4. The number of alkyl halides is 1. The van der Waals surface area contributed by atoms with E-state index < -0.39 is 0 Å². The first-order valence-corrected chi connectivity index (χ1v) is 7.21. The van der Waals surface area contributed by atoms with E-state index in [1.54, 1.807) is 0 Å². The molecule has 2 rings (SSSR count). The molecule has 20 heavy (non-hydrogen) atoms. The third-order valence-electron chi connectivity index (χ3n) is 2.34. The highest BCUT2D eigenvalue weighted by Crippen LogP contribution is 2.24. The SMILES string of the molecule is ONc1cnc(Cl)nc1Nc1ccc(OCCBr)cc1. The normalized spacial score (nSPS) is 10.2. The van der Waals surface area contributed by atoms with Crippen molar-refractivity contribution in [2.75, 3.05) is 22.7 Å². The molecule has 0 bridgehead atoms. The van der Waals surface area contributed by atoms with Gasteiger partial charge in [0.2, 0.25) is 5.28 Å². The second-order valence-corrected chi connectivity index (χ2v) is 4.83. The Morgan fingerprint density at radius 2 is 2.05 bits per heavy atom. The minimum atomic E-state index is 0.0868. The summed E-state index contributed by atoms with van der Waals surface area (Å²) in [5, 5.41) is 12.9. The van der Waals surface area contributed by atoms with Crippen LogP contribution in [-0.4, -0.2) is 27.1 Å². The fourth-order valence-corrected chi connectivity index (χ4v) is 1.76. The average molecular weight is 360 g/mol. The summed E-state index contributed by atoms with van der Waals surface area (Å²) in [5.41, 5.74) is 3.11. The largest absolute Gasteiger partial charge is 0.493 e. The number of benzene rings is 1. The second kappa shape index (κ2) is 7.28. The van der Waals surface area contributed by atoms with Crippen LogP contribution in [0.25, 0.3) is 0 Å². The van der Waals surface area contributed by atoms with Crippen LogP contribution in [0.3, 0.4) is 0 Å². The van der Waals surface area contributed by atoms with Crippen LogP contribution in [-0.2, 0) is 0 Å². The molecule has 0 aliphatic carbocycles. The van der Waals surface area contributed by atoms with Crippen molar-refractivity contribution in [3.63, 3.8) is 0 Å². The lowest BCUT2D eigenvalue weighted by Crippen LogP contribution is -2.02. The Kier molecular flexibility index (Phi) is 5.40. The fourth-order valence-electron chi connectivity index (χ4n) is 1.47. The standard InChI is InChI=1S/C12H12BrClN4O2/c13-5-6-20-9-3-1-8(2-4-9)16-11-10(18-19)7-15-12(14)17-11/h1-4,7,18-19H,5-6H2,(H,15,16,17). The molecule has 0 spiro atoms. The van der Waals surface area contributed by atoms with Crippen LogP contribution in [0.4, 0.5) is 17.2 Å². The number of rotatable bonds is 6. The van der Waals surface area contributed by atoms with Gasteiger partial charge in [0.25, 0.3) is 0 Å². The quantitative estimate of drug-likeness (QED) is 0.416. The van der Waals surface area contributed by atoms with Crippen molar-refractivity contribution in [3.8, 4) is 5.75 Å². The number of anilines is 3. The van der Waals surface area contributed by atoms with Gasteiger partial charge in [0.15, 0.2) is 5.82 Å². The molecule has 0 aliphatic rings. The maximum atomic E-state index is 8.99. The van der Waals surface area contributed by atoms with Crippen LogP contribution in [0.15, 0.2) is 30.5 Å². The number of hydrogen-bond donors (Lipinski definition) is 3. The molecule has 0 saturated heterocycles. The summed E-state index contributed by atoms with van der Waals surface area (Å²) < 4.78 is 5.45. The van der Waals surface area contributed by atoms with Gasteiger partial charge >= 0.3 is 0 Å². The summed E-state index contributed by atoms with van der Waals surface area (Å²) in [6.07, 6.45) is 1.38. The first-order valence-electron chi connectivity index (χ1n) is 5.71. The summed E-state index contributed by atoms with van der Waals surface area (Å²) in [4.78, 5) is 7.76. The molecule has 3 N–H and O–H groups in total. The van der Waals surface area contributed by atoms with Crippen LogP contribution in [0.1, 0.15) is 0 Å². The maximum absolute atomic E-state index is 8.99. The van der Waals surface area contributed by atoms with Gasteiger partial charge in [-0.3, -0.25) is 10.7 Å². The van der Waals surface area contributed by atoms with E-state index in [0.29, 0.717) is 18.1 Å². The van der Waals surface area contributed by atoms with E-state index in [1.807, 2.05) is 29.7 Å². The molecule has 0 saturated carbocycles. The Hall–Kier alpha value is -1.57. The molecule has 1 aromatic carbocycles. The molecule has 0 fully saturated rings. The lowest BCUT2D eigenvalue weighted by atomic mass is 10.3. The van der Waals surface area contributed by atoms with E-state index >= 15 is 0 Å². The van der Waals surface area contributed by atoms with Crippen molar-refractivity contribution in [2.24, 2.45) is 0 Å². The molecular formula is C12H12BrClN4O2. The third kappa shape index (κ3) is 3.96. The Balaban J connectivity index is 2.11. The minimum absolute atomic E-state index is 0.0868. The summed E-state index contributed by atoms with van der Waals surface area (Å²) in [6, 6.07) is 7.33. The predicted octanol–water partition coefficient (Wildman–Crippen LogP) is 3.45. The molecule has 0 atom stereocenters. The topological polar surface area (TPSA) is 79.3 Å². The monoisotopic (exact) mass is 358 g/mol. The number of nitrogens with one attached hydrogen (secondary N) is 2. The van der Waals surface area contributed by atoms with Crippen LogP contribution in [0.5, 0.6) is 5.75 Å². The first-order chi connectivity index (χ1) is 9.72. The summed E-state index contributed by atoms with van der Waals surface area (Å²) in [7, 11) is 0. The molecule has 0 amide bonds. The number of aromatic nitrogens is 2. The van der Waals surface area contributed by atoms with Gasteiger partial charge in [-0.2, -0.15) is 4.98 Å². The zero-order valence-electron chi connectivity index (χ0n) is 10.3. The third-order valence-corrected chi connectivity index (χ3v) is 2.85. The van der Waals surface area contributed by atoms with E-state index in [4.69, 9.17) is 21.5 Å². The van der Waals surface area contributed by atoms with E-state index in [9.17, 15) is 0 Å². The van der Waals surface area contributed by atoms with E-state index in [1.165, 1.54) is 6.20 Å². The van der Waals surface area contributed by atoms with Crippen LogP contribution < -0.4 is 15.5 Å². The number of halogens is 2. The van der Waals surface area contributed by atoms with Crippen molar-refractivity contribution in [1.82, 2.24) is 9.97 Å². The van der Waals surface area contributed by atoms with Gasteiger partial charge in [-0.25, -0.2) is 4.98 Å². The van der Waals surface area contributed by atoms with Gasteiger partial charge in [0.1, 0.15) is 11.4 Å². The number of nitrogens with zero attached hydrogens (tertiary/aromatic N) is 2. The Bertz CT molecular complexity index is 568. The second-order valence-electron chi connectivity index (χ2n) is 3.70. The lowest BCUT2D eigenvalue weighted by molar-refractivity contribution is 0.345. The van der Waals surface area contributed by atoms with Gasteiger partial charge in [-0.1, -0.05) is 15.9 Å². The number of hydrogen-bond acceptors (Lipinski definition) is 6. The summed E-state index contributed by atoms with van der Waals surface area (Å²) in [5.74, 6) is 1.15. The molecule has 1 aromatic heterocycles. The fraction of sp³-hybridized carbons (Fsp3) is 0.167. The van der Waals surface area contributed by atoms with Gasteiger partial charge in [0.05, 0.1) is 12.8 Å². The van der Waals surface area contributed by atoms with Crippen molar-refractivity contribution in [2.45, 2.75) is 0 Å². The summed E-state index contributed by atoms with van der Waals surface area (Å²) in [6.45, 7) is 0.604. The zero-order valence-corrected chi connectivity index (χ0v) is 12.6. The maximum Gasteiger partial charge on any atom is 0.224 e. The number of ether oxygens (including phenoxy) is 1. The van der Waals surface area contributed by atoms with Crippen LogP contribution in [0, 0.1) is 0 Å². The van der Waals surface area contributed by atoms with Crippen molar-refractivity contribution < 1.29 is 9.94 Å². The molecule has 8 heteroatoms. The van der Waals surface area contributed by atoms with E-state index in [0.717, 1.165) is 16.8 Å².